The Labute approximate surface area is 247 Å². The lowest BCUT2D eigenvalue weighted by Gasteiger charge is -2.33. The Morgan fingerprint density at radius 2 is 1.74 bits per heavy atom. The number of piperidine rings is 1. The number of terminal acetylenes is 1. The Morgan fingerprint density at radius 3 is 2.39 bits per heavy atom. The molecule has 10 heteroatoms. The molecule has 2 fully saturated rings. The van der Waals surface area contributed by atoms with E-state index in [1.54, 1.807) is 4.90 Å². The van der Waals surface area contributed by atoms with E-state index in [1.807, 2.05) is 17.2 Å². The molecule has 2 aliphatic heterocycles. The summed E-state index contributed by atoms with van der Waals surface area (Å²) in [5, 5.41) is 4.03. The van der Waals surface area contributed by atoms with Crippen molar-refractivity contribution in [3.05, 3.63) is 60.7 Å². The minimum atomic E-state index is -0.345. The Bertz CT molecular complexity index is 1150. The number of rotatable bonds is 2. The summed E-state index contributed by atoms with van der Waals surface area (Å²) in [6, 6.07) is 5.89. The number of halogens is 3. The van der Waals surface area contributed by atoms with Gasteiger partial charge >= 0.3 is 6.03 Å². The smallest absolute Gasteiger partial charge is 0.314 e. The molecular weight excluding hydrogens is 634 g/mol. The highest BCUT2D eigenvalue weighted by molar-refractivity contribution is 9.10. The maximum absolute atomic E-state index is 12.1. The van der Waals surface area contributed by atoms with Crippen LogP contribution in [0.3, 0.4) is 0 Å². The van der Waals surface area contributed by atoms with Crippen LogP contribution in [0.5, 0.6) is 0 Å². The van der Waals surface area contributed by atoms with E-state index in [-0.39, 0.29) is 11.9 Å². The van der Waals surface area contributed by atoms with E-state index in [0.717, 1.165) is 72.3 Å². The Kier molecular flexibility index (Phi) is 11.9. The minimum Gasteiger partial charge on any atom is -0.351 e. The molecule has 3 amide bonds. The molecule has 0 unspecified atom stereocenters. The highest BCUT2D eigenvalue weighted by Crippen LogP contribution is 2.34. The number of nitrogens with one attached hydrogen (secondary N) is 1. The molecule has 1 aromatic carbocycles. The van der Waals surface area contributed by atoms with Crippen LogP contribution in [0, 0.1) is 18.8 Å². The van der Waals surface area contributed by atoms with E-state index in [9.17, 15) is 9.59 Å². The number of hydrogen-bond acceptors (Lipinski definition) is 4. The van der Waals surface area contributed by atoms with Crippen molar-refractivity contribution in [2.45, 2.75) is 38.5 Å². The summed E-state index contributed by atoms with van der Waals surface area (Å²) in [6.07, 6.45) is 15.2. The first kappa shape index (κ1) is 30.4. The number of piperazine rings is 1. The molecule has 7 nitrogen and oxygen atoms in total. The SMILES string of the molecule is C#C.Clc1ccc2c(c1Br)CCc1cc(Br)cnc1C2.NC(=O)N1CCC(CC(=O)N2CCNCC2)CC1. The highest BCUT2D eigenvalue weighted by Gasteiger charge is 2.25. The first-order valence-electron chi connectivity index (χ1n) is 12.8. The molecule has 5 rings (SSSR count). The summed E-state index contributed by atoms with van der Waals surface area (Å²) in [5.74, 6) is 0.664. The van der Waals surface area contributed by atoms with Crippen molar-refractivity contribution in [1.29, 1.82) is 0 Å². The van der Waals surface area contributed by atoms with E-state index in [2.05, 4.69) is 67.1 Å². The van der Waals surface area contributed by atoms with Crippen molar-refractivity contribution in [3.63, 3.8) is 0 Å². The molecule has 38 heavy (non-hydrogen) atoms. The Hall–Kier alpha value is -2.12. The number of urea groups is 1. The molecule has 0 radical (unpaired) electrons. The lowest BCUT2D eigenvalue weighted by atomic mass is 9.93. The van der Waals surface area contributed by atoms with Crippen LogP contribution in [-0.2, 0) is 24.1 Å². The summed E-state index contributed by atoms with van der Waals surface area (Å²) < 4.78 is 2.08. The van der Waals surface area contributed by atoms with Gasteiger partial charge in [0.15, 0.2) is 0 Å². The molecule has 3 heterocycles. The number of aryl methyl sites for hydroxylation is 1. The molecule has 0 spiro atoms. The van der Waals surface area contributed by atoms with Gasteiger partial charge in [0.25, 0.3) is 0 Å². The number of fused-ring (bicyclic) bond motifs is 2. The third-order valence-corrected chi connectivity index (χ3v) is 9.06. The predicted molar refractivity (Wildman–Crippen MR) is 159 cm³/mol. The fourth-order valence-electron chi connectivity index (χ4n) is 5.04. The van der Waals surface area contributed by atoms with Gasteiger partial charge in [0, 0.05) is 72.9 Å². The maximum Gasteiger partial charge on any atom is 0.314 e. The molecule has 2 aromatic rings. The van der Waals surface area contributed by atoms with Crippen LogP contribution in [0.25, 0.3) is 0 Å². The van der Waals surface area contributed by atoms with Crippen LogP contribution in [-0.4, -0.2) is 66.0 Å². The standard InChI is InChI=1S/C14H10Br2ClN.C12H22N4O2.C2H2/c15-10-5-9-1-3-11-8(6-13(9)18-7-10)2-4-12(17)14(11)16;13-12(18)16-5-1-10(2-6-16)9-11(17)15-7-3-14-4-8-15;1-2/h2,4-5,7H,1,3,6H2;10,14H,1-9H2,(H2,13,18);1-2H. The molecule has 2 saturated heterocycles. The average molecular weight is 668 g/mol. The van der Waals surface area contributed by atoms with Crippen molar-refractivity contribution < 1.29 is 9.59 Å². The van der Waals surface area contributed by atoms with Crippen molar-refractivity contribution in [1.82, 2.24) is 20.1 Å². The number of nitrogens with two attached hydrogens (primary N) is 1. The number of carbonyl (C=O) groups is 2. The monoisotopic (exact) mass is 665 g/mol. The number of hydrogen-bond donors (Lipinski definition) is 2. The van der Waals surface area contributed by atoms with Crippen LogP contribution in [0.15, 0.2) is 33.3 Å². The lowest BCUT2D eigenvalue weighted by Crippen LogP contribution is -2.47. The van der Waals surface area contributed by atoms with Gasteiger partial charge in [-0.2, -0.15) is 0 Å². The van der Waals surface area contributed by atoms with E-state index in [1.165, 1.54) is 22.4 Å². The van der Waals surface area contributed by atoms with Gasteiger partial charge in [-0.05, 0) is 92.3 Å². The molecule has 3 N–H and O–H groups in total. The van der Waals surface area contributed by atoms with Crippen LogP contribution in [0.4, 0.5) is 4.79 Å². The molecule has 3 aliphatic rings. The fourth-order valence-corrected chi connectivity index (χ4v) is 6.18. The molecule has 0 atom stereocenters. The zero-order valence-corrected chi connectivity index (χ0v) is 25.3. The quantitative estimate of drug-likeness (QED) is 0.451. The number of carbonyl (C=O) groups excluding carboxylic acids is 2. The number of benzene rings is 1. The molecule has 204 valence electrons. The van der Waals surface area contributed by atoms with Crippen LogP contribution >= 0.6 is 43.5 Å². The summed E-state index contributed by atoms with van der Waals surface area (Å²) in [7, 11) is 0. The molecular formula is C28H34Br2ClN5O2. The molecule has 0 saturated carbocycles. The topological polar surface area (TPSA) is 91.6 Å². The summed E-state index contributed by atoms with van der Waals surface area (Å²) in [5.41, 5.74) is 10.4. The average Bonchev–Trinajstić information content (AvgIpc) is 3.12. The van der Waals surface area contributed by atoms with Gasteiger partial charge in [-0.3, -0.25) is 9.78 Å². The second kappa shape index (κ2) is 14.9. The van der Waals surface area contributed by atoms with Crippen LogP contribution < -0.4 is 11.1 Å². The van der Waals surface area contributed by atoms with Gasteiger partial charge in [-0.15, -0.1) is 12.8 Å². The first-order chi connectivity index (χ1) is 18.3. The summed E-state index contributed by atoms with van der Waals surface area (Å²) in [4.78, 5) is 31.2. The number of primary amides is 1. The van der Waals surface area contributed by atoms with Gasteiger partial charge in [0.05, 0.1) is 5.02 Å². The second-order valence-electron chi connectivity index (χ2n) is 9.54. The first-order valence-corrected chi connectivity index (χ1v) is 14.7. The summed E-state index contributed by atoms with van der Waals surface area (Å²) >= 11 is 13.2. The van der Waals surface area contributed by atoms with Crippen molar-refractivity contribution >= 4 is 55.4 Å². The fraction of sp³-hybridized carbons (Fsp3) is 0.464. The van der Waals surface area contributed by atoms with Crippen LogP contribution in [0.2, 0.25) is 5.02 Å². The third kappa shape index (κ3) is 8.19. The zero-order chi connectivity index (χ0) is 27.7. The van der Waals surface area contributed by atoms with Gasteiger partial charge in [-0.25, -0.2) is 4.79 Å². The van der Waals surface area contributed by atoms with Crippen molar-refractivity contribution in [3.8, 4) is 12.8 Å². The molecule has 1 aliphatic carbocycles. The van der Waals surface area contributed by atoms with E-state index in [0.29, 0.717) is 25.4 Å². The normalized spacial score (nSPS) is 17.0. The van der Waals surface area contributed by atoms with E-state index < -0.39 is 0 Å². The van der Waals surface area contributed by atoms with Crippen molar-refractivity contribution in [2.24, 2.45) is 11.7 Å². The third-order valence-electron chi connectivity index (χ3n) is 7.18. The molecule has 1 aromatic heterocycles. The summed E-state index contributed by atoms with van der Waals surface area (Å²) in [6.45, 7) is 4.80. The van der Waals surface area contributed by atoms with E-state index >= 15 is 0 Å². The Balaban J connectivity index is 0.000000198. The van der Waals surface area contributed by atoms with Gasteiger partial charge < -0.3 is 20.9 Å². The predicted octanol–water partition coefficient (Wildman–Crippen LogP) is 4.80. The Morgan fingerprint density at radius 1 is 1.05 bits per heavy atom. The largest absolute Gasteiger partial charge is 0.351 e. The number of pyridine rings is 1. The number of nitrogens with zero attached hydrogens (tertiary/aromatic N) is 3. The van der Waals surface area contributed by atoms with E-state index in [4.69, 9.17) is 17.3 Å². The number of aromatic nitrogens is 1. The minimum absolute atomic E-state index is 0.258. The highest BCUT2D eigenvalue weighted by atomic mass is 79.9. The van der Waals surface area contributed by atoms with Gasteiger partial charge in [-0.1, -0.05) is 17.7 Å². The number of likely N-dealkylation sites (tertiary alicyclic amines) is 1. The molecule has 0 bridgehead atoms. The van der Waals surface area contributed by atoms with Gasteiger partial charge in [0.2, 0.25) is 5.91 Å². The lowest BCUT2D eigenvalue weighted by molar-refractivity contribution is -0.133. The van der Waals surface area contributed by atoms with Crippen molar-refractivity contribution in [2.75, 3.05) is 39.3 Å². The second-order valence-corrected chi connectivity index (χ2v) is 11.7. The van der Waals surface area contributed by atoms with Crippen LogP contribution in [0.1, 0.15) is 41.6 Å². The number of amides is 3. The zero-order valence-electron chi connectivity index (χ0n) is 21.4. The van der Waals surface area contributed by atoms with Gasteiger partial charge in [0.1, 0.15) is 0 Å². The maximum atomic E-state index is 12.1.